The largest absolute Gasteiger partial charge is 0.508 e. The van der Waals surface area contributed by atoms with Gasteiger partial charge in [-0.3, -0.25) is 0 Å². The maximum Gasteiger partial charge on any atom is 0.220 e. The quantitative estimate of drug-likeness (QED) is 0.600. The van der Waals surface area contributed by atoms with E-state index in [-0.39, 0.29) is 11.7 Å². The van der Waals surface area contributed by atoms with E-state index in [2.05, 4.69) is 15.3 Å². The van der Waals surface area contributed by atoms with Crippen molar-refractivity contribution in [3.63, 3.8) is 0 Å². The second-order valence-corrected chi connectivity index (χ2v) is 4.11. The Bertz CT molecular complexity index is 558. The van der Waals surface area contributed by atoms with E-state index in [1.807, 2.05) is 6.07 Å². The second-order valence-electron chi connectivity index (χ2n) is 4.11. The van der Waals surface area contributed by atoms with Gasteiger partial charge in [-0.25, -0.2) is 9.97 Å². The third-order valence-electron chi connectivity index (χ3n) is 2.62. The topological polar surface area (TPSA) is 110 Å². The molecule has 6 nitrogen and oxygen atoms in total. The van der Waals surface area contributed by atoms with Gasteiger partial charge in [-0.1, -0.05) is 12.1 Å². The van der Waals surface area contributed by atoms with Gasteiger partial charge in [0.15, 0.2) is 0 Å². The SMILES string of the molecule is NCCCNc1cnc(N)nc1-c1cccc(O)c1. The number of nitrogens with zero attached hydrogens (tertiary/aromatic N) is 2. The Labute approximate surface area is 111 Å². The summed E-state index contributed by atoms with van der Waals surface area (Å²) in [5.74, 6) is 0.380. The van der Waals surface area contributed by atoms with Crippen molar-refractivity contribution in [1.82, 2.24) is 9.97 Å². The maximum atomic E-state index is 9.54. The molecular weight excluding hydrogens is 242 g/mol. The Morgan fingerprint density at radius 2 is 2.16 bits per heavy atom. The molecule has 0 saturated heterocycles. The van der Waals surface area contributed by atoms with Gasteiger partial charge in [0.25, 0.3) is 0 Å². The van der Waals surface area contributed by atoms with Crippen molar-refractivity contribution in [2.75, 3.05) is 24.1 Å². The molecule has 19 heavy (non-hydrogen) atoms. The fraction of sp³-hybridized carbons (Fsp3) is 0.231. The van der Waals surface area contributed by atoms with Crippen molar-refractivity contribution < 1.29 is 5.11 Å². The van der Waals surface area contributed by atoms with Crippen LogP contribution in [0.1, 0.15) is 6.42 Å². The fourth-order valence-electron chi connectivity index (χ4n) is 1.72. The lowest BCUT2D eigenvalue weighted by atomic mass is 10.1. The van der Waals surface area contributed by atoms with Crippen molar-refractivity contribution >= 4 is 11.6 Å². The highest BCUT2D eigenvalue weighted by Crippen LogP contribution is 2.28. The second kappa shape index (κ2) is 6.01. The zero-order valence-electron chi connectivity index (χ0n) is 10.5. The van der Waals surface area contributed by atoms with E-state index in [9.17, 15) is 5.11 Å². The van der Waals surface area contributed by atoms with Crippen LogP contribution in [0.2, 0.25) is 0 Å². The average Bonchev–Trinajstić information content (AvgIpc) is 2.40. The normalized spacial score (nSPS) is 10.4. The molecule has 0 radical (unpaired) electrons. The number of nitrogen functional groups attached to an aromatic ring is 1. The van der Waals surface area contributed by atoms with E-state index in [4.69, 9.17) is 11.5 Å². The molecule has 0 spiro atoms. The number of hydrogen-bond acceptors (Lipinski definition) is 6. The van der Waals surface area contributed by atoms with Crippen LogP contribution in [0.4, 0.5) is 11.6 Å². The van der Waals surface area contributed by atoms with Crippen molar-refractivity contribution in [2.24, 2.45) is 5.73 Å². The van der Waals surface area contributed by atoms with Gasteiger partial charge in [-0.05, 0) is 25.1 Å². The van der Waals surface area contributed by atoms with E-state index in [0.717, 1.165) is 24.2 Å². The Morgan fingerprint density at radius 1 is 1.32 bits per heavy atom. The highest BCUT2D eigenvalue weighted by Gasteiger charge is 2.08. The zero-order valence-corrected chi connectivity index (χ0v) is 10.5. The first-order chi connectivity index (χ1) is 9.20. The lowest BCUT2D eigenvalue weighted by Gasteiger charge is -2.11. The summed E-state index contributed by atoms with van der Waals surface area (Å²) in [6.07, 6.45) is 2.49. The van der Waals surface area contributed by atoms with Crippen molar-refractivity contribution in [2.45, 2.75) is 6.42 Å². The molecule has 1 heterocycles. The number of aromatic hydroxyl groups is 1. The molecule has 0 amide bonds. The minimum atomic E-state index is 0.183. The number of nitrogens with two attached hydrogens (primary N) is 2. The Kier molecular flexibility index (Phi) is 4.15. The molecular formula is C13H17N5O. The highest BCUT2D eigenvalue weighted by atomic mass is 16.3. The molecule has 100 valence electrons. The molecule has 0 aliphatic heterocycles. The molecule has 1 aromatic carbocycles. The monoisotopic (exact) mass is 259 g/mol. The Hall–Kier alpha value is -2.34. The number of phenolic OH excluding ortho intramolecular Hbond substituents is 1. The van der Waals surface area contributed by atoms with E-state index < -0.39 is 0 Å². The molecule has 0 saturated carbocycles. The van der Waals surface area contributed by atoms with E-state index in [1.165, 1.54) is 0 Å². The van der Waals surface area contributed by atoms with Crippen LogP contribution in [-0.4, -0.2) is 28.2 Å². The van der Waals surface area contributed by atoms with E-state index in [1.54, 1.807) is 24.4 Å². The van der Waals surface area contributed by atoms with Crippen LogP contribution >= 0.6 is 0 Å². The summed E-state index contributed by atoms with van der Waals surface area (Å²) in [7, 11) is 0. The van der Waals surface area contributed by atoms with Gasteiger partial charge in [0.1, 0.15) is 5.75 Å². The molecule has 6 heteroatoms. The molecule has 2 rings (SSSR count). The Balaban J connectivity index is 2.34. The smallest absolute Gasteiger partial charge is 0.220 e. The first kappa shape index (κ1) is 13.1. The summed E-state index contributed by atoms with van der Waals surface area (Å²) in [4.78, 5) is 8.20. The molecule has 0 fully saturated rings. The van der Waals surface area contributed by atoms with Crippen LogP contribution in [0.3, 0.4) is 0 Å². The minimum absolute atomic E-state index is 0.183. The molecule has 1 aromatic heterocycles. The molecule has 0 bridgehead atoms. The molecule has 0 aliphatic rings. The van der Waals surface area contributed by atoms with Crippen molar-refractivity contribution in [3.05, 3.63) is 30.5 Å². The van der Waals surface area contributed by atoms with Gasteiger partial charge in [0, 0.05) is 12.1 Å². The van der Waals surface area contributed by atoms with Crippen LogP contribution in [0.5, 0.6) is 5.75 Å². The predicted molar refractivity (Wildman–Crippen MR) is 75.7 cm³/mol. The van der Waals surface area contributed by atoms with E-state index >= 15 is 0 Å². The first-order valence-corrected chi connectivity index (χ1v) is 6.06. The fourth-order valence-corrected chi connectivity index (χ4v) is 1.72. The van der Waals surface area contributed by atoms with Crippen molar-refractivity contribution in [3.8, 4) is 17.0 Å². The van der Waals surface area contributed by atoms with Crippen LogP contribution < -0.4 is 16.8 Å². The minimum Gasteiger partial charge on any atom is -0.508 e. The van der Waals surface area contributed by atoms with Gasteiger partial charge in [0.05, 0.1) is 17.6 Å². The molecule has 2 aromatic rings. The molecule has 6 N–H and O–H groups in total. The Morgan fingerprint density at radius 3 is 2.89 bits per heavy atom. The molecule has 0 unspecified atom stereocenters. The number of anilines is 2. The summed E-state index contributed by atoms with van der Waals surface area (Å²) in [5.41, 5.74) is 13.3. The summed E-state index contributed by atoms with van der Waals surface area (Å²) < 4.78 is 0. The van der Waals surface area contributed by atoms with Crippen LogP contribution in [-0.2, 0) is 0 Å². The number of nitrogens with one attached hydrogen (secondary N) is 1. The van der Waals surface area contributed by atoms with E-state index in [0.29, 0.717) is 12.2 Å². The lowest BCUT2D eigenvalue weighted by molar-refractivity contribution is 0.475. The van der Waals surface area contributed by atoms with Crippen LogP contribution in [0, 0.1) is 0 Å². The third kappa shape index (κ3) is 3.32. The lowest BCUT2D eigenvalue weighted by Crippen LogP contribution is -2.10. The predicted octanol–water partition coefficient (Wildman–Crippen LogP) is 1.19. The van der Waals surface area contributed by atoms with Gasteiger partial charge in [-0.15, -0.1) is 0 Å². The van der Waals surface area contributed by atoms with Gasteiger partial charge in [0.2, 0.25) is 5.95 Å². The summed E-state index contributed by atoms with van der Waals surface area (Å²) >= 11 is 0. The number of phenols is 1. The highest BCUT2D eigenvalue weighted by molar-refractivity contribution is 5.75. The van der Waals surface area contributed by atoms with Gasteiger partial charge < -0.3 is 21.9 Å². The van der Waals surface area contributed by atoms with Crippen LogP contribution in [0.15, 0.2) is 30.5 Å². The van der Waals surface area contributed by atoms with Crippen molar-refractivity contribution in [1.29, 1.82) is 0 Å². The standard InChI is InChI=1S/C13H17N5O/c14-5-2-6-16-11-8-17-13(15)18-12(11)9-3-1-4-10(19)7-9/h1,3-4,7-8,16,19H,2,5-6,14H2,(H2,15,17,18). The maximum absolute atomic E-state index is 9.54. The number of benzene rings is 1. The van der Waals surface area contributed by atoms with Crippen LogP contribution in [0.25, 0.3) is 11.3 Å². The average molecular weight is 259 g/mol. The first-order valence-electron chi connectivity index (χ1n) is 6.06. The number of hydrogen-bond donors (Lipinski definition) is 4. The third-order valence-corrected chi connectivity index (χ3v) is 2.62. The van der Waals surface area contributed by atoms with Gasteiger partial charge >= 0.3 is 0 Å². The molecule has 0 atom stereocenters. The summed E-state index contributed by atoms with van der Waals surface area (Å²) in [5, 5.41) is 12.8. The van der Waals surface area contributed by atoms with Gasteiger partial charge in [-0.2, -0.15) is 0 Å². The summed E-state index contributed by atoms with van der Waals surface area (Å²) in [6.45, 7) is 1.35. The molecule has 0 aliphatic carbocycles. The number of rotatable bonds is 5. The number of aromatic nitrogens is 2. The zero-order chi connectivity index (χ0) is 13.7. The summed E-state index contributed by atoms with van der Waals surface area (Å²) in [6, 6.07) is 6.85.